The lowest BCUT2D eigenvalue weighted by Gasteiger charge is -2.12. The molecule has 0 aliphatic heterocycles. The number of fused-ring (bicyclic) bond motifs is 1. The molecule has 0 fully saturated rings. The quantitative estimate of drug-likeness (QED) is 0.562. The lowest BCUT2D eigenvalue weighted by Crippen LogP contribution is -2.02. The van der Waals surface area contributed by atoms with E-state index in [4.69, 9.17) is 4.74 Å². The van der Waals surface area contributed by atoms with E-state index in [0.29, 0.717) is 6.54 Å². The maximum atomic E-state index is 6.13. The fourth-order valence-corrected chi connectivity index (χ4v) is 2.64. The molecule has 4 aromatic rings. The number of hydrogen-bond donors (Lipinski definition) is 0. The summed E-state index contributed by atoms with van der Waals surface area (Å²) in [4.78, 5) is 3.99. The zero-order chi connectivity index (χ0) is 17.2. The van der Waals surface area contributed by atoms with Crippen LogP contribution in [0.15, 0.2) is 55.6 Å². The van der Waals surface area contributed by atoms with Crippen molar-refractivity contribution in [2.45, 2.75) is 6.54 Å². The van der Waals surface area contributed by atoms with Gasteiger partial charge in [0, 0.05) is 18.7 Å². The first-order valence-electron chi connectivity index (χ1n) is 7.78. The number of aromatic nitrogens is 6. The summed E-state index contributed by atoms with van der Waals surface area (Å²) in [6.45, 7) is 4.39. The molecule has 0 aliphatic carbocycles. The topological polar surface area (TPSA) is 70.7 Å². The fraction of sp³-hybridized carbons (Fsp3) is 0.111. The van der Waals surface area contributed by atoms with E-state index in [-0.39, 0.29) is 0 Å². The molecule has 0 N–H and O–H groups in total. The zero-order valence-corrected chi connectivity index (χ0v) is 13.7. The van der Waals surface area contributed by atoms with Gasteiger partial charge in [-0.05, 0) is 29.8 Å². The molecule has 7 nitrogen and oxygen atoms in total. The van der Waals surface area contributed by atoms with Crippen molar-refractivity contribution in [2.75, 3.05) is 0 Å². The molecule has 2 aromatic heterocycles. The molecule has 124 valence electrons. The average Bonchev–Trinajstić information content (AvgIpc) is 3.27. The van der Waals surface area contributed by atoms with E-state index < -0.39 is 0 Å². The smallest absolute Gasteiger partial charge is 0.137 e. The number of benzene rings is 2. The summed E-state index contributed by atoms with van der Waals surface area (Å²) in [5, 5.41) is 12.3. The Labute approximate surface area is 144 Å². The summed E-state index contributed by atoms with van der Waals surface area (Å²) in [5.41, 5.74) is 3.76. The van der Waals surface area contributed by atoms with Crippen LogP contribution in [-0.4, -0.2) is 29.8 Å². The highest BCUT2D eigenvalue weighted by Gasteiger charge is 2.09. The fourth-order valence-electron chi connectivity index (χ4n) is 2.64. The molecular formula is C18H16N6O. The van der Waals surface area contributed by atoms with E-state index >= 15 is 0 Å². The lowest BCUT2D eigenvalue weighted by molar-refractivity contribution is 0.472. The molecule has 2 aromatic carbocycles. The Hall–Kier alpha value is -3.48. The van der Waals surface area contributed by atoms with Crippen LogP contribution in [0.2, 0.25) is 0 Å². The maximum Gasteiger partial charge on any atom is 0.137 e. The molecular weight excluding hydrogens is 316 g/mol. The van der Waals surface area contributed by atoms with Gasteiger partial charge >= 0.3 is 0 Å². The Bertz CT molecular complexity index is 1040. The second kappa shape index (κ2) is 6.20. The first-order chi connectivity index (χ1) is 12.2. The van der Waals surface area contributed by atoms with Gasteiger partial charge in [0.2, 0.25) is 0 Å². The molecule has 0 saturated carbocycles. The minimum Gasteiger partial charge on any atom is -0.457 e. The Morgan fingerprint density at radius 2 is 2.12 bits per heavy atom. The van der Waals surface area contributed by atoms with Crippen LogP contribution in [0.1, 0.15) is 11.1 Å². The Morgan fingerprint density at radius 3 is 2.92 bits per heavy atom. The summed E-state index contributed by atoms with van der Waals surface area (Å²) in [6, 6.07) is 11.7. The van der Waals surface area contributed by atoms with Crippen molar-refractivity contribution < 1.29 is 4.74 Å². The second-order valence-corrected chi connectivity index (χ2v) is 5.63. The highest BCUT2D eigenvalue weighted by molar-refractivity contribution is 5.76. The van der Waals surface area contributed by atoms with Crippen LogP contribution < -0.4 is 4.74 Å². The molecule has 25 heavy (non-hydrogen) atoms. The normalized spacial score (nSPS) is 10.9. The largest absolute Gasteiger partial charge is 0.457 e. The number of ether oxygens (including phenoxy) is 1. The van der Waals surface area contributed by atoms with Crippen LogP contribution in [0, 0.1) is 0 Å². The molecule has 0 radical (unpaired) electrons. The summed E-state index contributed by atoms with van der Waals surface area (Å²) in [6.07, 6.45) is 5.00. The molecule has 7 heteroatoms. The van der Waals surface area contributed by atoms with E-state index in [1.165, 1.54) is 6.33 Å². The first-order valence-corrected chi connectivity index (χ1v) is 7.78. The van der Waals surface area contributed by atoms with Crippen LogP contribution in [0.5, 0.6) is 11.5 Å². The Balaban J connectivity index is 1.70. The van der Waals surface area contributed by atoms with E-state index in [1.807, 2.05) is 49.5 Å². The Morgan fingerprint density at radius 1 is 1.20 bits per heavy atom. The maximum absolute atomic E-state index is 6.13. The average molecular weight is 332 g/mol. The molecule has 2 heterocycles. The third kappa shape index (κ3) is 2.99. The van der Waals surface area contributed by atoms with Crippen molar-refractivity contribution >= 4 is 17.1 Å². The second-order valence-electron chi connectivity index (χ2n) is 5.63. The minimum absolute atomic E-state index is 0.562. The van der Waals surface area contributed by atoms with Crippen molar-refractivity contribution in [1.82, 2.24) is 29.8 Å². The molecule has 0 saturated heterocycles. The van der Waals surface area contributed by atoms with Gasteiger partial charge in [-0.2, -0.15) is 5.10 Å². The SMILES string of the molecule is C=Cc1ccc(Oc2ccc3nnn(C)c3c2)c(Cn2cncn2)c1. The van der Waals surface area contributed by atoms with Gasteiger partial charge in [0.15, 0.2) is 0 Å². The predicted molar refractivity (Wildman–Crippen MR) is 94.2 cm³/mol. The number of aryl methyl sites for hydroxylation is 1. The standard InChI is InChI=1S/C18H16N6O/c1-3-13-4-7-18(14(8-13)10-24-12-19-11-20-24)25-15-5-6-16-17(9-15)23(2)22-21-16/h3-9,11-12H,1,10H2,2H3. The number of rotatable bonds is 5. The zero-order valence-electron chi connectivity index (χ0n) is 13.7. The van der Waals surface area contributed by atoms with Gasteiger partial charge in [-0.3, -0.25) is 0 Å². The van der Waals surface area contributed by atoms with Crippen LogP contribution in [0.3, 0.4) is 0 Å². The van der Waals surface area contributed by atoms with Crippen LogP contribution in [-0.2, 0) is 13.6 Å². The van der Waals surface area contributed by atoms with Crippen LogP contribution in [0.25, 0.3) is 17.1 Å². The minimum atomic E-state index is 0.562. The molecule has 0 amide bonds. The summed E-state index contributed by atoms with van der Waals surface area (Å²) < 4.78 is 9.60. The monoisotopic (exact) mass is 332 g/mol. The van der Waals surface area contributed by atoms with Crippen molar-refractivity contribution in [3.8, 4) is 11.5 Å². The van der Waals surface area contributed by atoms with Gasteiger partial charge in [-0.1, -0.05) is 23.9 Å². The summed E-state index contributed by atoms with van der Waals surface area (Å²) >= 11 is 0. The highest BCUT2D eigenvalue weighted by atomic mass is 16.5. The van der Waals surface area contributed by atoms with E-state index in [0.717, 1.165) is 33.7 Å². The van der Waals surface area contributed by atoms with Gasteiger partial charge in [-0.25, -0.2) is 14.3 Å². The molecule has 0 unspecified atom stereocenters. The summed E-state index contributed by atoms with van der Waals surface area (Å²) in [5.74, 6) is 1.49. The molecule has 0 aliphatic rings. The van der Waals surface area contributed by atoms with Crippen molar-refractivity contribution in [1.29, 1.82) is 0 Å². The third-order valence-corrected chi connectivity index (χ3v) is 3.93. The molecule has 0 spiro atoms. The molecule has 0 atom stereocenters. The highest BCUT2D eigenvalue weighted by Crippen LogP contribution is 2.29. The first kappa shape index (κ1) is 15.1. The van der Waals surface area contributed by atoms with E-state index in [9.17, 15) is 0 Å². The van der Waals surface area contributed by atoms with Crippen LogP contribution >= 0.6 is 0 Å². The van der Waals surface area contributed by atoms with Gasteiger partial charge in [-0.15, -0.1) is 5.10 Å². The van der Waals surface area contributed by atoms with E-state index in [2.05, 4.69) is 27.0 Å². The summed E-state index contributed by atoms with van der Waals surface area (Å²) in [7, 11) is 1.86. The Kier molecular flexibility index (Phi) is 3.74. The molecule has 4 rings (SSSR count). The van der Waals surface area contributed by atoms with Crippen molar-refractivity contribution in [3.05, 3.63) is 66.8 Å². The third-order valence-electron chi connectivity index (χ3n) is 3.93. The van der Waals surface area contributed by atoms with Crippen molar-refractivity contribution in [2.24, 2.45) is 7.05 Å². The van der Waals surface area contributed by atoms with Crippen molar-refractivity contribution in [3.63, 3.8) is 0 Å². The number of hydrogen-bond acceptors (Lipinski definition) is 5. The molecule has 0 bridgehead atoms. The van der Waals surface area contributed by atoms with E-state index in [1.54, 1.807) is 15.7 Å². The number of nitrogens with zero attached hydrogens (tertiary/aromatic N) is 6. The predicted octanol–water partition coefficient (Wildman–Crippen LogP) is 3.04. The van der Waals surface area contributed by atoms with Gasteiger partial charge in [0.1, 0.15) is 29.7 Å². The van der Waals surface area contributed by atoms with Crippen LogP contribution in [0.4, 0.5) is 0 Å². The van der Waals surface area contributed by atoms with Gasteiger partial charge in [0.05, 0.1) is 12.1 Å². The lowest BCUT2D eigenvalue weighted by atomic mass is 10.1. The van der Waals surface area contributed by atoms with Gasteiger partial charge < -0.3 is 4.74 Å². The van der Waals surface area contributed by atoms with Gasteiger partial charge in [0.25, 0.3) is 0 Å².